The van der Waals surface area contributed by atoms with E-state index in [4.69, 9.17) is 25.8 Å². The molecule has 0 aromatic heterocycles. The average Bonchev–Trinajstić information content (AvgIpc) is 3.25. The first-order valence-corrected chi connectivity index (χ1v) is 20.1. The number of aryl methyl sites for hydroxylation is 1. The number of benzene rings is 2. The number of carbonyl (C=O) groups is 3. The zero-order chi connectivity index (χ0) is 37.4. The molecule has 2 bridgehead atoms. The number of nitrogens with one attached hydrogen (secondary N) is 2. The second-order valence-corrected chi connectivity index (χ2v) is 17.7. The second kappa shape index (κ2) is 15.0. The summed E-state index contributed by atoms with van der Waals surface area (Å²) in [5.74, 6) is -1.33. The van der Waals surface area contributed by atoms with Gasteiger partial charge in [0.1, 0.15) is 11.8 Å². The highest BCUT2D eigenvalue weighted by Gasteiger charge is 2.50. The van der Waals surface area contributed by atoms with Crippen LogP contribution in [0.4, 0.5) is 5.69 Å². The number of anilines is 1. The summed E-state index contributed by atoms with van der Waals surface area (Å²) in [6, 6.07) is 10.4. The lowest BCUT2D eigenvalue weighted by Gasteiger charge is -2.50. The molecular weight excluding hydrogens is 706 g/mol. The molecule has 2 aromatic carbocycles. The van der Waals surface area contributed by atoms with Gasteiger partial charge in [-0.3, -0.25) is 9.59 Å². The molecule has 2 heterocycles. The second-order valence-electron chi connectivity index (χ2n) is 15.2. The highest BCUT2D eigenvalue weighted by Crippen LogP contribution is 2.50. The molecule has 1 fully saturated rings. The third kappa shape index (κ3) is 7.43. The van der Waals surface area contributed by atoms with Gasteiger partial charge in [0.15, 0.2) is 0 Å². The fourth-order valence-electron chi connectivity index (χ4n) is 8.61. The topological polar surface area (TPSA) is 140 Å². The molecule has 282 valence electrons. The Morgan fingerprint density at radius 1 is 1.15 bits per heavy atom. The number of rotatable bonds is 5. The number of halogens is 1. The van der Waals surface area contributed by atoms with Crippen molar-refractivity contribution in [3.8, 4) is 5.75 Å². The molecule has 1 spiro atoms. The van der Waals surface area contributed by atoms with E-state index in [1.54, 1.807) is 39.2 Å². The van der Waals surface area contributed by atoms with E-state index in [1.807, 2.05) is 31.2 Å². The minimum Gasteiger partial charge on any atom is -0.490 e. The highest BCUT2D eigenvalue weighted by atomic mass is 35.5. The van der Waals surface area contributed by atoms with Gasteiger partial charge >= 0.3 is 5.97 Å². The molecule has 2 aliphatic heterocycles. The minimum absolute atomic E-state index is 0.0390. The van der Waals surface area contributed by atoms with E-state index in [9.17, 15) is 22.8 Å². The van der Waals surface area contributed by atoms with Crippen LogP contribution < -0.4 is 19.7 Å². The quantitative estimate of drug-likeness (QED) is 0.306. The van der Waals surface area contributed by atoms with Crippen molar-refractivity contribution in [1.82, 2.24) is 10.0 Å². The fourth-order valence-corrected chi connectivity index (χ4v) is 10.1. The number of hydrogen-bond donors (Lipinski definition) is 2. The van der Waals surface area contributed by atoms with E-state index in [0.717, 1.165) is 32.1 Å². The number of ether oxygens (including phenoxy) is 3. The lowest BCUT2D eigenvalue weighted by molar-refractivity contribution is -0.146. The number of amides is 2. The Morgan fingerprint density at radius 3 is 2.65 bits per heavy atom. The van der Waals surface area contributed by atoms with Gasteiger partial charge in [0, 0.05) is 36.2 Å². The van der Waals surface area contributed by atoms with Crippen LogP contribution in [-0.4, -0.2) is 77.0 Å². The lowest BCUT2D eigenvalue weighted by atomic mass is 9.62. The Hall–Kier alpha value is -3.61. The molecule has 2 N–H and O–H groups in total. The maximum absolute atomic E-state index is 13.6. The van der Waals surface area contributed by atoms with Crippen LogP contribution >= 0.6 is 11.6 Å². The van der Waals surface area contributed by atoms with Gasteiger partial charge < -0.3 is 24.4 Å². The van der Waals surface area contributed by atoms with Crippen molar-refractivity contribution in [3.05, 3.63) is 70.3 Å². The summed E-state index contributed by atoms with van der Waals surface area (Å²) in [5.41, 5.74) is 1.94. The largest absolute Gasteiger partial charge is 0.490 e. The number of carbonyl (C=O) groups excluding carboxylic acids is 3. The number of esters is 1. The summed E-state index contributed by atoms with van der Waals surface area (Å²) >= 11 is 6.45. The third-order valence-electron chi connectivity index (χ3n) is 12.0. The van der Waals surface area contributed by atoms with Crippen LogP contribution in [0.2, 0.25) is 5.02 Å². The van der Waals surface area contributed by atoms with Gasteiger partial charge in [-0.1, -0.05) is 36.7 Å². The number of nitrogens with zero attached hydrogens (tertiary/aromatic N) is 1. The maximum atomic E-state index is 13.6. The van der Waals surface area contributed by atoms with Crippen molar-refractivity contribution in [2.24, 2.45) is 17.8 Å². The van der Waals surface area contributed by atoms with E-state index in [2.05, 4.69) is 21.0 Å². The first-order chi connectivity index (χ1) is 24.7. The van der Waals surface area contributed by atoms with E-state index in [1.165, 1.54) is 18.2 Å². The highest BCUT2D eigenvalue weighted by molar-refractivity contribution is 7.90. The Balaban J connectivity index is 1.43. The van der Waals surface area contributed by atoms with Crippen LogP contribution in [0.25, 0.3) is 0 Å². The van der Waals surface area contributed by atoms with Gasteiger partial charge in [-0.05, 0) is 112 Å². The molecular formula is C39H50ClN3O8S. The van der Waals surface area contributed by atoms with Gasteiger partial charge in [0.2, 0.25) is 15.9 Å². The first kappa shape index (κ1) is 38.1. The Morgan fingerprint density at radius 2 is 1.94 bits per heavy atom. The van der Waals surface area contributed by atoms with Gasteiger partial charge in [-0.15, -0.1) is 0 Å². The van der Waals surface area contributed by atoms with Crippen LogP contribution in [0.1, 0.15) is 80.8 Å². The number of sulfonamides is 1. The molecule has 52 heavy (non-hydrogen) atoms. The molecule has 7 atom stereocenters. The summed E-state index contributed by atoms with van der Waals surface area (Å²) in [4.78, 5) is 41.6. The molecule has 11 nitrogen and oxygen atoms in total. The smallest absolute Gasteiger partial charge is 0.328 e. The van der Waals surface area contributed by atoms with Crippen molar-refractivity contribution in [2.75, 3.05) is 38.8 Å². The number of allylic oxidation sites excluding steroid dienone is 1. The van der Waals surface area contributed by atoms with E-state index in [0.29, 0.717) is 42.6 Å². The molecule has 4 aliphatic rings. The monoisotopic (exact) mass is 755 g/mol. The van der Waals surface area contributed by atoms with Gasteiger partial charge in [-0.25, -0.2) is 17.9 Å². The normalized spacial score (nSPS) is 31.0. The predicted molar refractivity (Wildman–Crippen MR) is 199 cm³/mol. The molecule has 2 aromatic rings. The van der Waals surface area contributed by atoms with E-state index < -0.39 is 38.8 Å². The van der Waals surface area contributed by atoms with Gasteiger partial charge in [-0.2, -0.15) is 0 Å². The zero-order valence-electron chi connectivity index (χ0n) is 30.6. The molecule has 6 rings (SSSR count). The van der Waals surface area contributed by atoms with Crippen LogP contribution in [0.15, 0.2) is 48.6 Å². The minimum atomic E-state index is -4.05. The molecule has 0 saturated heterocycles. The fraction of sp³-hybridized carbons (Fsp3) is 0.564. The Bertz CT molecular complexity index is 1850. The first-order valence-electron chi connectivity index (χ1n) is 18.2. The summed E-state index contributed by atoms with van der Waals surface area (Å²) < 4.78 is 47.1. The van der Waals surface area contributed by atoms with Crippen molar-refractivity contribution in [2.45, 2.75) is 88.0 Å². The molecule has 2 aliphatic carbocycles. The summed E-state index contributed by atoms with van der Waals surface area (Å²) in [6.45, 7) is 6.60. The Labute approximate surface area is 311 Å². The molecule has 13 heteroatoms. The number of hydrogen-bond acceptors (Lipinski definition) is 9. The molecule has 1 saturated carbocycles. The van der Waals surface area contributed by atoms with Crippen LogP contribution in [0, 0.1) is 17.8 Å². The lowest BCUT2D eigenvalue weighted by Crippen LogP contribution is -2.55. The number of methoxy groups -OCH3 is 2. The third-order valence-corrected chi connectivity index (χ3v) is 14.1. The SMILES string of the molecule is COC(=O)[C@@H](C)NC(=O)C[C@]1(OC)/C=C\C[C@H](C)[C@@H](C)S(=O)(=O)NC(=O)c2ccc3c(c2)N(C[C@@H]2CC[C@H]21)C[C@@]1(CCCc2cc(Cl)ccc21)CO3. The molecule has 0 radical (unpaired) electrons. The zero-order valence-corrected chi connectivity index (χ0v) is 32.1. The van der Waals surface area contributed by atoms with Gasteiger partial charge in [0.25, 0.3) is 5.91 Å². The van der Waals surface area contributed by atoms with Crippen LogP contribution in [0.3, 0.4) is 0 Å². The average molecular weight is 756 g/mol. The van der Waals surface area contributed by atoms with Crippen molar-refractivity contribution in [1.29, 1.82) is 0 Å². The van der Waals surface area contributed by atoms with Crippen LogP contribution in [0.5, 0.6) is 5.75 Å². The maximum Gasteiger partial charge on any atom is 0.328 e. The van der Waals surface area contributed by atoms with Gasteiger partial charge in [0.05, 0.1) is 36.7 Å². The van der Waals surface area contributed by atoms with Crippen molar-refractivity contribution < 1.29 is 37.0 Å². The van der Waals surface area contributed by atoms with Crippen molar-refractivity contribution >= 4 is 45.1 Å². The molecule has 0 unspecified atom stereocenters. The van der Waals surface area contributed by atoms with E-state index >= 15 is 0 Å². The summed E-state index contributed by atoms with van der Waals surface area (Å²) in [6.07, 6.45) is 8.60. The van der Waals surface area contributed by atoms with E-state index in [-0.39, 0.29) is 41.1 Å². The molecule has 2 amide bonds. The number of fused-ring (bicyclic) bond motifs is 4. The standard InChI is InChI=1S/C39H50ClN3O8S/c1-24-8-6-17-39(50-5,20-35(44)41-25(2)37(46)49-4)32-13-10-29(32)21-43-22-38(16-7-9-27-18-30(40)12-14-31(27)38)23-51-34-15-11-28(19-33(34)43)36(45)42-52(47,48)26(24)3/h6,11-12,14-15,17-19,24-26,29,32H,7-10,13,16,20-23H2,1-5H3,(H,41,44)(H,42,45)/b17-6-/t24-,25+,26+,29-,32+,38-,39+/m0/s1. The van der Waals surface area contributed by atoms with Crippen LogP contribution in [-0.2, 0) is 40.9 Å². The summed E-state index contributed by atoms with van der Waals surface area (Å²) in [7, 11) is -1.18. The summed E-state index contributed by atoms with van der Waals surface area (Å²) in [5, 5.41) is 2.56. The van der Waals surface area contributed by atoms with Crippen molar-refractivity contribution in [3.63, 3.8) is 0 Å². The predicted octanol–water partition coefficient (Wildman–Crippen LogP) is 5.34. The Kier molecular flexibility index (Phi) is 11.0.